The molecule has 2 aromatic heterocycles. The van der Waals surface area contributed by atoms with Crippen LogP contribution in [-0.2, 0) is 10.4 Å². The highest BCUT2D eigenvalue weighted by Gasteiger charge is 2.44. The van der Waals surface area contributed by atoms with Crippen molar-refractivity contribution in [2.45, 2.75) is 31.2 Å². The number of para-hydroxylation sites is 1. The second kappa shape index (κ2) is 6.08. The molecular formula is C20H20FN5O2. The number of carbonyl (C=O) groups is 1. The Morgan fingerprint density at radius 2 is 2.14 bits per heavy atom. The van der Waals surface area contributed by atoms with Crippen LogP contribution < -0.4 is 10.6 Å². The van der Waals surface area contributed by atoms with Crippen molar-refractivity contribution in [2.75, 3.05) is 18.4 Å². The van der Waals surface area contributed by atoms with Gasteiger partial charge >= 0.3 is 0 Å². The van der Waals surface area contributed by atoms with Gasteiger partial charge in [0.15, 0.2) is 5.60 Å². The number of piperidine rings is 1. The van der Waals surface area contributed by atoms with Crippen LogP contribution in [0.25, 0.3) is 22.2 Å². The van der Waals surface area contributed by atoms with E-state index in [1.165, 1.54) is 6.92 Å². The maximum Gasteiger partial charge on any atom is 0.262 e. The number of pyridine rings is 1. The molecule has 7 nitrogen and oxygen atoms in total. The van der Waals surface area contributed by atoms with Gasteiger partial charge in [-0.05, 0) is 32.0 Å². The first-order chi connectivity index (χ1) is 13.5. The Kier molecular flexibility index (Phi) is 3.75. The SMILES string of the molecule is C[C@@]1(O)C(=O)Nc2nccc(-c3nn([C@@H]4CCNC[C@@H]4F)c4ccccc34)c21. The third-order valence-corrected chi connectivity index (χ3v) is 5.67. The first kappa shape index (κ1) is 17.3. The van der Waals surface area contributed by atoms with E-state index in [4.69, 9.17) is 5.10 Å². The van der Waals surface area contributed by atoms with Crippen molar-refractivity contribution in [3.63, 3.8) is 0 Å². The van der Waals surface area contributed by atoms with Crippen molar-refractivity contribution in [1.82, 2.24) is 20.1 Å². The second-order valence-corrected chi connectivity index (χ2v) is 7.49. The highest BCUT2D eigenvalue weighted by Crippen LogP contribution is 2.43. The molecule has 144 valence electrons. The number of aromatic nitrogens is 3. The minimum Gasteiger partial charge on any atom is -0.375 e. The Morgan fingerprint density at radius 3 is 2.96 bits per heavy atom. The molecule has 28 heavy (non-hydrogen) atoms. The summed E-state index contributed by atoms with van der Waals surface area (Å²) >= 11 is 0. The van der Waals surface area contributed by atoms with Gasteiger partial charge in [0.25, 0.3) is 5.91 Å². The summed E-state index contributed by atoms with van der Waals surface area (Å²) in [6.45, 7) is 2.47. The zero-order valence-corrected chi connectivity index (χ0v) is 15.3. The minimum atomic E-state index is -1.71. The number of fused-ring (bicyclic) bond motifs is 2. The lowest BCUT2D eigenvalue weighted by Gasteiger charge is -2.27. The summed E-state index contributed by atoms with van der Waals surface area (Å²) in [6, 6.07) is 9.02. The summed E-state index contributed by atoms with van der Waals surface area (Å²) in [5.74, 6) is -0.190. The van der Waals surface area contributed by atoms with Crippen LogP contribution in [0.5, 0.6) is 0 Å². The number of nitrogens with zero attached hydrogens (tertiary/aromatic N) is 3. The molecule has 3 atom stereocenters. The van der Waals surface area contributed by atoms with Crippen LogP contribution in [0.4, 0.5) is 10.2 Å². The zero-order chi connectivity index (χ0) is 19.5. The number of alkyl halides is 1. The van der Waals surface area contributed by atoms with E-state index in [1.807, 2.05) is 24.3 Å². The fourth-order valence-corrected chi connectivity index (χ4v) is 4.21. The summed E-state index contributed by atoms with van der Waals surface area (Å²) in [5, 5.41) is 22.1. The molecule has 0 aliphatic carbocycles. The van der Waals surface area contributed by atoms with Gasteiger partial charge < -0.3 is 15.7 Å². The smallest absolute Gasteiger partial charge is 0.262 e. The molecule has 0 radical (unpaired) electrons. The molecular weight excluding hydrogens is 361 g/mol. The molecule has 1 aromatic carbocycles. The van der Waals surface area contributed by atoms with Gasteiger partial charge in [0.1, 0.15) is 17.7 Å². The van der Waals surface area contributed by atoms with Crippen molar-refractivity contribution in [3.8, 4) is 11.3 Å². The molecule has 8 heteroatoms. The van der Waals surface area contributed by atoms with E-state index in [0.29, 0.717) is 35.6 Å². The molecule has 5 rings (SSSR count). The van der Waals surface area contributed by atoms with Crippen LogP contribution >= 0.6 is 0 Å². The predicted octanol–water partition coefficient (Wildman–Crippen LogP) is 2.13. The maximum absolute atomic E-state index is 14.6. The van der Waals surface area contributed by atoms with Crippen molar-refractivity contribution in [2.24, 2.45) is 0 Å². The molecule has 2 aliphatic heterocycles. The van der Waals surface area contributed by atoms with Gasteiger partial charge in [-0.15, -0.1) is 0 Å². The number of hydrogen-bond acceptors (Lipinski definition) is 5. The number of carbonyl (C=O) groups excluding carboxylic acids is 1. The van der Waals surface area contributed by atoms with Gasteiger partial charge in [-0.2, -0.15) is 5.10 Å². The van der Waals surface area contributed by atoms with Crippen molar-refractivity contribution >= 4 is 22.6 Å². The Balaban J connectivity index is 1.75. The van der Waals surface area contributed by atoms with Crippen LogP contribution in [0, 0.1) is 0 Å². The number of hydrogen-bond donors (Lipinski definition) is 3. The summed E-state index contributed by atoms with van der Waals surface area (Å²) in [5.41, 5.74) is 0.748. The highest BCUT2D eigenvalue weighted by molar-refractivity contribution is 6.07. The van der Waals surface area contributed by atoms with Crippen LogP contribution in [0.1, 0.15) is 24.9 Å². The summed E-state index contributed by atoms with van der Waals surface area (Å²) in [7, 11) is 0. The Labute approximate surface area is 160 Å². The molecule has 0 saturated carbocycles. The average molecular weight is 381 g/mol. The summed E-state index contributed by atoms with van der Waals surface area (Å²) < 4.78 is 16.4. The van der Waals surface area contributed by atoms with E-state index < -0.39 is 17.7 Å². The lowest BCUT2D eigenvalue weighted by atomic mass is 9.92. The van der Waals surface area contributed by atoms with Crippen LogP contribution in [0.2, 0.25) is 0 Å². The number of benzene rings is 1. The number of halogens is 1. The lowest BCUT2D eigenvalue weighted by molar-refractivity contribution is -0.131. The Morgan fingerprint density at radius 1 is 1.32 bits per heavy atom. The number of nitrogens with one attached hydrogen (secondary N) is 2. The average Bonchev–Trinajstić information content (AvgIpc) is 3.18. The van der Waals surface area contributed by atoms with E-state index >= 15 is 0 Å². The number of rotatable bonds is 2. The Bertz CT molecular complexity index is 1090. The van der Waals surface area contributed by atoms with Gasteiger partial charge in [0, 0.05) is 29.3 Å². The van der Waals surface area contributed by atoms with Crippen molar-refractivity contribution < 1.29 is 14.3 Å². The first-order valence-corrected chi connectivity index (χ1v) is 9.34. The maximum atomic E-state index is 14.6. The van der Waals surface area contributed by atoms with Crippen LogP contribution in [0.15, 0.2) is 36.5 Å². The normalized spacial score (nSPS) is 27.0. The molecule has 0 unspecified atom stereocenters. The van der Waals surface area contributed by atoms with E-state index in [0.717, 1.165) is 17.4 Å². The van der Waals surface area contributed by atoms with Crippen LogP contribution in [-0.4, -0.2) is 45.0 Å². The van der Waals surface area contributed by atoms with E-state index in [9.17, 15) is 14.3 Å². The number of aliphatic hydroxyl groups is 1. The van der Waals surface area contributed by atoms with Gasteiger partial charge in [-0.3, -0.25) is 9.48 Å². The molecule has 1 fully saturated rings. The molecule has 3 N–H and O–H groups in total. The third kappa shape index (κ3) is 2.38. The summed E-state index contributed by atoms with van der Waals surface area (Å²) in [4.78, 5) is 16.4. The monoisotopic (exact) mass is 381 g/mol. The third-order valence-electron chi connectivity index (χ3n) is 5.67. The largest absolute Gasteiger partial charge is 0.375 e. The number of anilines is 1. The molecule has 1 saturated heterocycles. The quantitative estimate of drug-likeness (QED) is 0.633. The molecule has 3 aromatic rings. The molecule has 0 spiro atoms. The second-order valence-electron chi connectivity index (χ2n) is 7.49. The van der Waals surface area contributed by atoms with E-state index in [1.54, 1.807) is 16.9 Å². The minimum absolute atomic E-state index is 0.298. The lowest BCUT2D eigenvalue weighted by Crippen LogP contribution is -2.39. The van der Waals surface area contributed by atoms with Gasteiger partial charge in [-0.25, -0.2) is 9.37 Å². The van der Waals surface area contributed by atoms with Crippen molar-refractivity contribution in [1.29, 1.82) is 0 Å². The van der Waals surface area contributed by atoms with Gasteiger partial charge in [0.2, 0.25) is 0 Å². The molecule has 1 amide bonds. The number of amides is 1. The molecule has 2 aliphatic rings. The Hall–Kier alpha value is -2.84. The predicted molar refractivity (Wildman–Crippen MR) is 103 cm³/mol. The molecule has 0 bridgehead atoms. The standard InChI is InChI=1S/C20H20FN5O2/c1-20(28)16-12(6-9-23-18(16)24-19(20)27)17-11-4-2-3-5-14(11)26(25-17)15-7-8-22-10-13(15)21/h2-6,9,13,15,22,28H,7-8,10H2,1H3,(H,23,24,27)/t13-,15+,20-/m0/s1. The fourth-order valence-electron chi connectivity index (χ4n) is 4.21. The zero-order valence-electron chi connectivity index (χ0n) is 15.3. The fraction of sp³-hybridized carbons (Fsp3) is 0.350. The first-order valence-electron chi connectivity index (χ1n) is 9.34. The topological polar surface area (TPSA) is 92.1 Å². The van der Waals surface area contributed by atoms with E-state index in [2.05, 4.69) is 15.6 Å². The van der Waals surface area contributed by atoms with E-state index in [-0.39, 0.29) is 6.04 Å². The highest BCUT2D eigenvalue weighted by atomic mass is 19.1. The van der Waals surface area contributed by atoms with Crippen LogP contribution in [0.3, 0.4) is 0 Å². The summed E-state index contributed by atoms with van der Waals surface area (Å²) in [6.07, 6.45) is 1.17. The van der Waals surface area contributed by atoms with Gasteiger partial charge in [0.05, 0.1) is 11.6 Å². The van der Waals surface area contributed by atoms with Crippen molar-refractivity contribution in [3.05, 3.63) is 42.1 Å². The van der Waals surface area contributed by atoms with Gasteiger partial charge in [-0.1, -0.05) is 18.2 Å². The molecule has 4 heterocycles.